The lowest BCUT2D eigenvalue weighted by Crippen LogP contribution is -2.52. The lowest BCUT2D eigenvalue weighted by atomic mass is 10.2. The number of nitrogens with zero attached hydrogens (tertiary/aromatic N) is 2. The van der Waals surface area contributed by atoms with Gasteiger partial charge >= 0.3 is 6.18 Å². The Labute approximate surface area is 76.3 Å². The first kappa shape index (κ1) is 10.8. The van der Waals surface area contributed by atoms with Crippen molar-refractivity contribution in [3.63, 3.8) is 0 Å². The van der Waals surface area contributed by atoms with E-state index in [1.54, 1.807) is 0 Å². The van der Waals surface area contributed by atoms with Crippen LogP contribution in [0.1, 0.15) is 6.92 Å². The second-order valence-corrected chi connectivity index (χ2v) is 3.70. The molecule has 1 fully saturated rings. The molecule has 0 amide bonds. The van der Waals surface area contributed by atoms with Crippen molar-refractivity contribution in [1.82, 2.24) is 9.80 Å². The molecule has 5 heteroatoms. The highest BCUT2D eigenvalue weighted by Crippen LogP contribution is 2.19. The van der Waals surface area contributed by atoms with Crippen LogP contribution in [0.15, 0.2) is 0 Å². The van der Waals surface area contributed by atoms with Crippen molar-refractivity contribution in [3.05, 3.63) is 0 Å². The third kappa shape index (κ3) is 3.52. The zero-order valence-electron chi connectivity index (χ0n) is 7.93. The van der Waals surface area contributed by atoms with Crippen molar-refractivity contribution in [2.24, 2.45) is 0 Å². The molecule has 78 valence electrons. The van der Waals surface area contributed by atoms with Gasteiger partial charge in [-0.15, -0.1) is 0 Å². The molecular formula is C8H15F3N2. The monoisotopic (exact) mass is 196 g/mol. The van der Waals surface area contributed by atoms with Gasteiger partial charge in [0.2, 0.25) is 0 Å². The van der Waals surface area contributed by atoms with Crippen LogP contribution in [0.2, 0.25) is 0 Å². The first-order chi connectivity index (χ1) is 5.88. The second kappa shape index (κ2) is 3.84. The zero-order chi connectivity index (χ0) is 10.1. The Morgan fingerprint density at radius 1 is 1.31 bits per heavy atom. The number of rotatable bonds is 1. The summed E-state index contributed by atoms with van der Waals surface area (Å²) in [5.41, 5.74) is 0. The first-order valence-corrected chi connectivity index (χ1v) is 4.38. The Hall–Kier alpha value is -0.290. The summed E-state index contributed by atoms with van der Waals surface area (Å²) in [5.74, 6) is 0. The fourth-order valence-electron chi connectivity index (χ4n) is 1.64. The lowest BCUT2D eigenvalue weighted by Gasteiger charge is -2.38. The minimum atomic E-state index is -4.07. The van der Waals surface area contributed by atoms with Gasteiger partial charge in [-0.2, -0.15) is 13.2 Å². The molecule has 1 heterocycles. The molecule has 1 saturated heterocycles. The van der Waals surface area contributed by atoms with E-state index in [9.17, 15) is 13.2 Å². The van der Waals surface area contributed by atoms with Gasteiger partial charge in [0.15, 0.2) is 0 Å². The van der Waals surface area contributed by atoms with Gasteiger partial charge in [-0.3, -0.25) is 4.90 Å². The van der Waals surface area contributed by atoms with Gasteiger partial charge < -0.3 is 4.90 Å². The number of halogens is 3. The summed E-state index contributed by atoms with van der Waals surface area (Å²) >= 11 is 0. The second-order valence-electron chi connectivity index (χ2n) is 3.70. The van der Waals surface area contributed by atoms with Crippen LogP contribution in [-0.4, -0.2) is 55.2 Å². The Balaban J connectivity index is 2.43. The van der Waals surface area contributed by atoms with Crippen LogP contribution < -0.4 is 0 Å². The third-order valence-corrected chi connectivity index (χ3v) is 2.35. The van der Waals surface area contributed by atoms with Gasteiger partial charge in [-0.25, -0.2) is 0 Å². The molecule has 1 aliphatic heterocycles. The number of hydrogen-bond acceptors (Lipinski definition) is 2. The summed E-state index contributed by atoms with van der Waals surface area (Å²) in [6.07, 6.45) is -4.07. The van der Waals surface area contributed by atoms with Crippen molar-refractivity contribution in [3.8, 4) is 0 Å². The van der Waals surface area contributed by atoms with E-state index in [0.717, 1.165) is 13.1 Å². The van der Waals surface area contributed by atoms with E-state index in [4.69, 9.17) is 0 Å². The normalized spacial score (nSPS) is 27.9. The number of alkyl halides is 3. The Bertz CT molecular complexity index is 169. The molecule has 13 heavy (non-hydrogen) atoms. The van der Waals surface area contributed by atoms with Crippen LogP contribution in [0.3, 0.4) is 0 Å². The van der Waals surface area contributed by atoms with Gasteiger partial charge in [0.25, 0.3) is 0 Å². The highest BCUT2D eigenvalue weighted by molar-refractivity contribution is 4.78. The Morgan fingerprint density at radius 3 is 2.38 bits per heavy atom. The van der Waals surface area contributed by atoms with Gasteiger partial charge in [0.05, 0.1) is 6.54 Å². The van der Waals surface area contributed by atoms with E-state index in [0.29, 0.717) is 6.54 Å². The first-order valence-electron chi connectivity index (χ1n) is 4.38. The standard InChI is InChI=1S/C8H15F3N2/c1-7-5-12(2)3-4-13(7)6-8(9,10)11/h7H,3-6H2,1-2H3/t7-/m1/s1. The third-order valence-electron chi connectivity index (χ3n) is 2.35. The molecule has 0 aromatic carbocycles. The van der Waals surface area contributed by atoms with E-state index in [2.05, 4.69) is 4.90 Å². The minimum Gasteiger partial charge on any atom is -0.304 e. The Morgan fingerprint density at radius 2 is 1.92 bits per heavy atom. The van der Waals surface area contributed by atoms with E-state index < -0.39 is 12.7 Å². The van der Waals surface area contributed by atoms with E-state index in [1.807, 2.05) is 14.0 Å². The summed E-state index contributed by atoms with van der Waals surface area (Å²) in [7, 11) is 1.93. The zero-order valence-corrected chi connectivity index (χ0v) is 7.93. The molecule has 0 N–H and O–H groups in total. The summed E-state index contributed by atoms with van der Waals surface area (Å²) in [6.45, 7) is 3.01. The quantitative estimate of drug-likeness (QED) is 0.621. The summed E-state index contributed by atoms with van der Waals surface area (Å²) in [4.78, 5) is 3.54. The van der Waals surface area contributed by atoms with Crippen LogP contribution in [0.25, 0.3) is 0 Å². The average Bonchev–Trinajstić information content (AvgIpc) is 1.93. The molecule has 2 nitrogen and oxygen atoms in total. The van der Waals surface area contributed by atoms with Crippen LogP contribution in [-0.2, 0) is 0 Å². The predicted molar refractivity (Wildman–Crippen MR) is 44.6 cm³/mol. The van der Waals surface area contributed by atoms with Crippen LogP contribution >= 0.6 is 0 Å². The van der Waals surface area contributed by atoms with Gasteiger partial charge in [-0.05, 0) is 14.0 Å². The maximum absolute atomic E-state index is 12.1. The molecule has 0 aliphatic carbocycles. The molecule has 1 atom stereocenters. The molecule has 0 radical (unpaired) electrons. The van der Waals surface area contributed by atoms with E-state index >= 15 is 0 Å². The number of likely N-dealkylation sites (N-methyl/N-ethyl adjacent to an activating group) is 1. The van der Waals surface area contributed by atoms with Crippen LogP contribution in [0, 0.1) is 0 Å². The van der Waals surface area contributed by atoms with Crippen LogP contribution in [0.5, 0.6) is 0 Å². The van der Waals surface area contributed by atoms with Crippen molar-refractivity contribution in [2.75, 3.05) is 33.2 Å². The fraction of sp³-hybridized carbons (Fsp3) is 1.00. The molecule has 0 aromatic heterocycles. The smallest absolute Gasteiger partial charge is 0.304 e. The largest absolute Gasteiger partial charge is 0.401 e. The maximum Gasteiger partial charge on any atom is 0.401 e. The SMILES string of the molecule is C[C@@H]1CN(C)CCN1CC(F)(F)F. The van der Waals surface area contributed by atoms with Crippen LogP contribution in [0.4, 0.5) is 13.2 Å². The number of piperazine rings is 1. The molecule has 0 spiro atoms. The molecule has 0 saturated carbocycles. The van der Waals surface area contributed by atoms with Gasteiger partial charge in [-0.1, -0.05) is 0 Å². The van der Waals surface area contributed by atoms with E-state index in [1.165, 1.54) is 4.90 Å². The highest BCUT2D eigenvalue weighted by Gasteiger charge is 2.34. The maximum atomic E-state index is 12.1. The predicted octanol–water partition coefficient (Wildman–Crippen LogP) is 1.18. The van der Waals surface area contributed by atoms with Crippen molar-refractivity contribution >= 4 is 0 Å². The topological polar surface area (TPSA) is 6.48 Å². The van der Waals surface area contributed by atoms with Crippen molar-refractivity contribution < 1.29 is 13.2 Å². The summed E-state index contributed by atoms with van der Waals surface area (Å²) < 4.78 is 36.2. The molecule has 1 rings (SSSR count). The molecule has 1 aliphatic rings. The summed E-state index contributed by atoms with van der Waals surface area (Å²) in [6, 6.07) is 0.000347. The van der Waals surface area contributed by atoms with Gasteiger partial charge in [0, 0.05) is 25.7 Å². The van der Waals surface area contributed by atoms with E-state index in [-0.39, 0.29) is 6.04 Å². The lowest BCUT2D eigenvalue weighted by molar-refractivity contribution is -0.154. The van der Waals surface area contributed by atoms with Crippen molar-refractivity contribution in [1.29, 1.82) is 0 Å². The molecule has 0 bridgehead atoms. The number of hydrogen-bond donors (Lipinski definition) is 0. The molecule has 0 aromatic rings. The average molecular weight is 196 g/mol. The Kier molecular flexibility index (Phi) is 3.18. The fourth-order valence-corrected chi connectivity index (χ4v) is 1.64. The molecular weight excluding hydrogens is 181 g/mol. The van der Waals surface area contributed by atoms with Crippen molar-refractivity contribution in [2.45, 2.75) is 19.1 Å². The highest BCUT2D eigenvalue weighted by atomic mass is 19.4. The molecule has 0 unspecified atom stereocenters. The summed E-state index contributed by atoms with van der Waals surface area (Å²) in [5, 5.41) is 0. The minimum absolute atomic E-state index is 0.000347. The van der Waals surface area contributed by atoms with Gasteiger partial charge in [0.1, 0.15) is 0 Å².